The van der Waals surface area contributed by atoms with Gasteiger partial charge in [-0.05, 0) is 26.1 Å². The number of aryl methyl sites for hydroxylation is 1. The van der Waals surface area contributed by atoms with Crippen LogP contribution < -0.4 is 16.9 Å². The minimum Gasteiger partial charge on any atom is -0.459 e. The molecule has 7 heteroatoms. The Kier molecular flexibility index (Phi) is 5.37. The van der Waals surface area contributed by atoms with Gasteiger partial charge in [0.05, 0.1) is 6.54 Å². The van der Waals surface area contributed by atoms with E-state index in [1.54, 1.807) is 0 Å². The van der Waals surface area contributed by atoms with E-state index in [1.165, 1.54) is 0 Å². The lowest BCUT2D eigenvalue weighted by molar-refractivity contribution is -0.137. The average molecular weight is 306 g/mol. The van der Waals surface area contributed by atoms with E-state index < -0.39 is 0 Å². The van der Waals surface area contributed by atoms with Crippen molar-refractivity contribution in [3.05, 3.63) is 29.5 Å². The van der Waals surface area contributed by atoms with Crippen molar-refractivity contribution in [2.45, 2.75) is 19.9 Å². The molecule has 0 atom stereocenters. The monoisotopic (exact) mass is 306 g/mol. The highest BCUT2D eigenvalue weighted by molar-refractivity contribution is 5.92. The van der Waals surface area contributed by atoms with E-state index in [0.29, 0.717) is 18.8 Å². The van der Waals surface area contributed by atoms with E-state index in [2.05, 4.69) is 5.48 Å². The second kappa shape index (κ2) is 7.26. The van der Waals surface area contributed by atoms with Crippen LogP contribution in [0.4, 0.5) is 5.69 Å². The number of nitrogens with two attached hydrogens (primary N) is 2. The largest absolute Gasteiger partial charge is 0.459 e. The van der Waals surface area contributed by atoms with Crippen LogP contribution in [0.25, 0.3) is 11.0 Å². The standard InChI is InChI=1S/C15H22N4O3/c1-10-13(22-12-5-3-4-11(17)15(10)12)8-19(2)9-21-18-14(20)6-7-16/h3-5H,6-9,16-17H2,1-2H3,(H,18,20). The highest BCUT2D eigenvalue weighted by Crippen LogP contribution is 2.30. The number of amides is 1. The average Bonchev–Trinajstić information content (AvgIpc) is 2.77. The predicted molar refractivity (Wildman–Crippen MR) is 84.6 cm³/mol. The Morgan fingerprint density at radius 3 is 2.91 bits per heavy atom. The minimum atomic E-state index is -0.233. The molecule has 1 aromatic heterocycles. The summed E-state index contributed by atoms with van der Waals surface area (Å²) in [7, 11) is 1.87. The zero-order valence-electron chi connectivity index (χ0n) is 12.9. The first-order chi connectivity index (χ1) is 10.5. The summed E-state index contributed by atoms with van der Waals surface area (Å²) in [6.07, 6.45) is 0.242. The van der Waals surface area contributed by atoms with E-state index in [-0.39, 0.29) is 19.1 Å². The second-order valence-electron chi connectivity index (χ2n) is 5.22. The number of fused-ring (bicyclic) bond motifs is 1. The number of nitrogen functional groups attached to an aromatic ring is 1. The quantitative estimate of drug-likeness (QED) is 0.402. The van der Waals surface area contributed by atoms with Gasteiger partial charge in [0.2, 0.25) is 5.91 Å². The van der Waals surface area contributed by atoms with Gasteiger partial charge in [-0.15, -0.1) is 0 Å². The number of anilines is 1. The van der Waals surface area contributed by atoms with Crippen LogP contribution in [-0.4, -0.2) is 31.1 Å². The van der Waals surface area contributed by atoms with E-state index in [4.69, 9.17) is 20.7 Å². The molecule has 5 N–H and O–H groups in total. The van der Waals surface area contributed by atoms with Gasteiger partial charge >= 0.3 is 0 Å². The van der Waals surface area contributed by atoms with Crippen LogP contribution in [0.3, 0.4) is 0 Å². The third-order valence-corrected chi connectivity index (χ3v) is 3.34. The van der Waals surface area contributed by atoms with Gasteiger partial charge in [-0.2, -0.15) is 0 Å². The van der Waals surface area contributed by atoms with Crippen LogP contribution >= 0.6 is 0 Å². The second-order valence-corrected chi connectivity index (χ2v) is 5.22. The maximum Gasteiger partial charge on any atom is 0.244 e. The molecule has 22 heavy (non-hydrogen) atoms. The number of nitrogens with one attached hydrogen (secondary N) is 1. The summed E-state index contributed by atoms with van der Waals surface area (Å²) in [4.78, 5) is 18.2. The van der Waals surface area contributed by atoms with Crippen molar-refractivity contribution < 1.29 is 14.0 Å². The van der Waals surface area contributed by atoms with Crippen LogP contribution in [0.5, 0.6) is 0 Å². The van der Waals surface area contributed by atoms with Crippen molar-refractivity contribution in [1.82, 2.24) is 10.4 Å². The molecule has 1 aromatic carbocycles. The molecule has 0 saturated carbocycles. The molecule has 0 aliphatic heterocycles. The molecule has 0 fully saturated rings. The molecule has 0 aliphatic carbocycles. The molecular formula is C15H22N4O3. The van der Waals surface area contributed by atoms with E-state index in [0.717, 1.165) is 22.3 Å². The van der Waals surface area contributed by atoms with Crippen LogP contribution in [-0.2, 0) is 16.2 Å². The molecule has 1 amide bonds. The number of rotatable bonds is 7. The van der Waals surface area contributed by atoms with Gasteiger partial charge in [0.25, 0.3) is 0 Å². The lowest BCUT2D eigenvalue weighted by atomic mass is 10.1. The highest BCUT2D eigenvalue weighted by atomic mass is 16.7. The van der Waals surface area contributed by atoms with Crippen LogP contribution in [0.1, 0.15) is 17.7 Å². The number of nitrogens with zero attached hydrogens (tertiary/aromatic N) is 1. The number of carbonyl (C=O) groups excluding carboxylic acids is 1. The highest BCUT2D eigenvalue weighted by Gasteiger charge is 2.14. The summed E-state index contributed by atoms with van der Waals surface area (Å²) in [5.41, 5.74) is 16.1. The number of carbonyl (C=O) groups is 1. The topological polar surface area (TPSA) is 107 Å². The molecule has 0 bridgehead atoms. The summed E-state index contributed by atoms with van der Waals surface area (Å²) in [6.45, 7) is 3.06. The normalized spacial score (nSPS) is 11.3. The lowest BCUT2D eigenvalue weighted by Gasteiger charge is -2.15. The molecule has 0 unspecified atom stereocenters. The Bertz CT molecular complexity index is 654. The first-order valence-corrected chi connectivity index (χ1v) is 7.08. The van der Waals surface area contributed by atoms with E-state index in [1.807, 2.05) is 37.1 Å². The van der Waals surface area contributed by atoms with Gasteiger partial charge in [0.1, 0.15) is 18.1 Å². The van der Waals surface area contributed by atoms with Crippen molar-refractivity contribution in [3.63, 3.8) is 0 Å². The summed E-state index contributed by atoms with van der Waals surface area (Å²) in [5.74, 6) is 0.593. The van der Waals surface area contributed by atoms with Gasteiger partial charge in [-0.3, -0.25) is 14.5 Å². The summed E-state index contributed by atoms with van der Waals surface area (Å²) in [6, 6.07) is 5.62. The Hall–Kier alpha value is -2.09. The molecule has 0 spiro atoms. The number of benzene rings is 1. The van der Waals surface area contributed by atoms with Crippen molar-refractivity contribution in [2.24, 2.45) is 5.73 Å². The molecule has 7 nitrogen and oxygen atoms in total. The zero-order chi connectivity index (χ0) is 16.1. The zero-order valence-corrected chi connectivity index (χ0v) is 12.9. The summed E-state index contributed by atoms with van der Waals surface area (Å²) < 4.78 is 5.84. The number of hydrogen-bond donors (Lipinski definition) is 3. The third kappa shape index (κ3) is 3.76. The van der Waals surface area contributed by atoms with Gasteiger partial charge in [0, 0.05) is 29.6 Å². The van der Waals surface area contributed by atoms with Crippen molar-refractivity contribution >= 4 is 22.6 Å². The number of hydroxylamine groups is 1. The van der Waals surface area contributed by atoms with Crippen LogP contribution in [0.2, 0.25) is 0 Å². The summed E-state index contributed by atoms with van der Waals surface area (Å²) >= 11 is 0. The van der Waals surface area contributed by atoms with Crippen molar-refractivity contribution in [2.75, 3.05) is 26.1 Å². The molecule has 1 heterocycles. The summed E-state index contributed by atoms with van der Waals surface area (Å²) in [5, 5.41) is 0.947. The fourth-order valence-corrected chi connectivity index (χ4v) is 2.23. The fraction of sp³-hybridized carbons (Fsp3) is 0.400. The predicted octanol–water partition coefficient (Wildman–Crippen LogP) is 1.11. The van der Waals surface area contributed by atoms with Gasteiger partial charge < -0.3 is 15.9 Å². The molecule has 120 valence electrons. The number of hydrogen-bond acceptors (Lipinski definition) is 6. The maximum absolute atomic E-state index is 11.2. The first kappa shape index (κ1) is 16.3. The van der Waals surface area contributed by atoms with Gasteiger partial charge in [0.15, 0.2) is 0 Å². The molecule has 0 aliphatic rings. The van der Waals surface area contributed by atoms with Gasteiger partial charge in [-0.1, -0.05) is 6.07 Å². The Morgan fingerprint density at radius 2 is 2.23 bits per heavy atom. The van der Waals surface area contributed by atoms with Crippen LogP contribution in [0.15, 0.2) is 22.6 Å². The third-order valence-electron chi connectivity index (χ3n) is 3.34. The Labute approximate surface area is 129 Å². The van der Waals surface area contributed by atoms with Crippen LogP contribution in [0, 0.1) is 6.92 Å². The number of furan rings is 1. The minimum absolute atomic E-state index is 0.233. The van der Waals surface area contributed by atoms with E-state index in [9.17, 15) is 4.79 Å². The molecule has 0 radical (unpaired) electrons. The molecular weight excluding hydrogens is 284 g/mol. The lowest BCUT2D eigenvalue weighted by Crippen LogP contribution is -2.31. The smallest absolute Gasteiger partial charge is 0.244 e. The Balaban J connectivity index is 1.94. The maximum atomic E-state index is 11.2. The molecule has 2 aromatic rings. The molecule has 2 rings (SSSR count). The van der Waals surface area contributed by atoms with Crippen molar-refractivity contribution in [3.8, 4) is 0 Å². The fourth-order valence-electron chi connectivity index (χ4n) is 2.23. The first-order valence-electron chi connectivity index (χ1n) is 7.08. The van der Waals surface area contributed by atoms with Crippen molar-refractivity contribution in [1.29, 1.82) is 0 Å². The molecule has 0 saturated heterocycles. The Morgan fingerprint density at radius 1 is 1.45 bits per heavy atom. The van der Waals surface area contributed by atoms with Gasteiger partial charge in [-0.25, -0.2) is 5.48 Å². The van der Waals surface area contributed by atoms with E-state index >= 15 is 0 Å². The SMILES string of the molecule is Cc1c(CN(C)CONC(=O)CCN)oc2cccc(N)c12.